The van der Waals surface area contributed by atoms with E-state index in [-0.39, 0.29) is 0 Å². The quantitative estimate of drug-likeness (QED) is 0.741. The fourth-order valence-electron chi connectivity index (χ4n) is 2.82. The molecule has 0 bridgehead atoms. The average Bonchev–Trinajstić information content (AvgIpc) is 2.95. The zero-order valence-corrected chi connectivity index (χ0v) is 14.2. The van der Waals surface area contributed by atoms with Gasteiger partial charge in [-0.15, -0.1) is 0 Å². The smallest absolute Gasteiger partial charge is 0.141 e. The number of nitrogens with zero attached hydrogens (tertiary/aromatic N) is 4. The lowest BCUT2D eigenvalue weighted by molar-refractivity contribution is 0.207. The topological polar surface area (TPSA) is 34.0 Å². The van der Waals surface area contributed by atoms with Crippen molar-refractivity contribution in [1.29, 1.82) is 0 Å². The van der Waals surface area contributed by atoms with E-state index >= 15 is 0 Å². The van der Waals surface area contributed by atoms with Gasteiger partial charge in [0.25, 0.3) is 0 Å². The van der Waals surface area contributed by atoms with Gasteiger partial charge in [-0.3, -0.25) is 4.90 Å². The van der Waals surface area contributed by atoms with Crippen LogP contribution in [0.15, 0.2) is 36.7 Å². The summed E-state index contributed by atoms with van der Waals surface area (Å²) in [5.74, 6) is 1.76. The van der Waals surface area contributed by atoms with Crippen molar-refractivity contribution in [2.45, 2.75) is 52.7 Å². The Hall–Kier alpha value is -1.68. The van der Waals surface area contributed by atoms with Gasteiger partial charge in [-0.25, -0.2) is 9.67 Å². The van der Waals surface area contributed by atoms with Crippen LogP contribution < -0.4 is 0 Å². The summed E-state index contributed by atoms with van der Waals surface area (Å²) in [6.07, 6.45) is 4.04. The molecule has 0 unspecified atom stereocenters. The molecule has 0 saturated carbocycles. The van der Waals surface area contributed by atoms with Gasteiger partial charge in [0.15, 0.2) is 0 Å². The lowest BCUT2D eigenvalue weighted by atomic mass is 9.96. The number of hydrogen-bond donors (Lipinski definition) is 0. The number of aromatic nitrogens is 3. The Labute approximate surface area is 134 Å². The molecule has 4 heteroatoms. The minimum Gasteiger partial charge on any atom is -0.292 e. The van der Waals surface area contributed by atoms with Gasteiger partial charge >= 0.3 is 0 Å². The lowest BCUT2D eigenvalue weighted by Gasteiger charge is -2.29. The van der Waals surface area contributed by atoms with Crippen LogP contribution in [-0.4, -0.2) is 26.7 Å². The highest BCUT2D eigenvalue weighted by Gasteiger charge is 2.19. The fourth-order valence-corrected chi connectivity index (χ4v) is 2.82. The highest BCUT2D eigenvalue weighted by molar-refractivity contribution is 5.19. The molecular formula is C18H28N4. The second kappa shape index (κ2) is 8.08. The number of benzene rings is 1. The summed E-state index contributed by atoms with van der Waals surface area (Å²) in [4.78, 5) is 6.81. The molecule has 22 heavy (non-hydrogen) atoms. The third-order valence-electron chi connectivity index (χ3n) is 4.12. The molecule has 0 spiro atoms. The maximum absolute atomic E-state index is 4.41. The molecule has 1 atom stereocenters. The summed E-state index contributed by atoms with van der Waals surface area (Å²) in [7, 11) is 2.19. The molecule has 0 radical (unpaired) electrons. The number of aryl methyl sites for hydroxylation is 1. The van der Waals surface area contributed by atoms with Crippen molar-refractivity contribution in [3.8, 4) is 0 Å². The highest BCUT2D eigenvalue weighted by Crippen LogP contribution is 2.27. The molecule has 0 aliphatic rings. The van der Waals surface area contributed by atoms with Gasteiger partial charge in [0.2, 0.25) is 0 Å². The van der Waals surface area contributed by atoms with Crippen LogP contribution in [0.1, 0.15) is 51.0 Å². The SMILES string of the molecule is CCn1ncnc1CN(C)[C@@H](CCC(C)C)c1ccccc1. The van der Waals surface area contributed by atoms with Crippen LogP contribution in [0, 0.1) is 5.92 Å². The Balaban J connectivity index is 2.13. The first kappa shape index (κ1) is 16.7. The van der Waals surface area contributed by atoms with Crippen LogP contribution in [0.5, 0.6) is 0 Å². The molecule has 2 rings (SSSR count). The Morgan fingerprint density at radius 1 is 1.14 bits per heavy atom. The summed E-state index contributed by atoms with van der Waals surface area (Å²) in [5, 5.41) is 4.27. The molecule has 0 amide bonds. The summed E-state index contributed by atoms with van der Waals surface area (Å²) in [6, 6.07) is 11.2. The van der Waals surface area contributed by atoms with E-state index in [0.29, 0.717) is 6.04 Å². The van der Waals surface area contributed by atoms with E-state index in [1.165, 1.54) is 18.4 Å². The molecule has 1 heterocycles. The molecule has 0 aliphatic carbocycles. The largest absolute Gasteiger partial charge is 0.292 e. The first-order valence-corrected chi connectivity index (χ1v) is 8.23. The van der Waals surface area contributed by atoms with Crippen molar-refractivity contribution in [2.24, 2.45) is 5.92 Å². The van der Waals surface area contributed by atoms with Crippen molar-refractivity contribution >= 4 is 0 Å². The third-order valence-corrected chi connectivity index (χ3v) is 4.12. The van der Waals surface area contributed by atoms with Crippen LogP contribution in [0.4, 0.5) is 0 Å². The Morgan fingerprint density at radius 2 is 1.86 bits per heavy atom. The maximum atomic E-state index is 4.41. The van der Waals surface area contributed by atoms with E-state index in [1.807, 2.05) is 4.68 Å². The van der Waals surface area contributed by atoms with E-state index in [4.69, 9.17) is 0 Å². The predicted octanol–water partition coefficient (Wildman–Crippen LogP) is 3.91. The molecular weight excluding hydrogens is 272 g/mol. The zero-order valence-electron chi connectivity index (χ0n) is 14.2. The molecule has 1 aromatic heterocycles. The van der Waals surface area contributed by atoms with Gasteiger partial charge in [0.05, 0.1) is 6.54 Å². The predicted molar refractivity (Wildman–Crippen MR) is 90.4 cm³/mol. The molecule has 1 aromatic carbocycles. The van der Waals surface area contributed by atoms with Crippen molar-refractivity contribution in [2.75, 3.05) is 7.05 Å². The molecule has 0 aliphatic heterocycles. The van der Waals surface area contributed by atoms with E-state index < -0.39 is 0 Å². The molecule has 0 saturated heterocycles. The highest BCUT2D eigenvalue weighted by atomic mass is 15.3. The molecule has 0 fully saturated rings. The zero-order chi connectivity index (χ0) is 15.9. The number of hydrogen-bond acceptors (Lipinski definition) is 3. The second-order valence-corrected chi connectivity index (χ2v) is 6.30. The van der Waals surface area contributed by atoms with Crippen molar-refractivity contribution in [1.82, 2.24) is 19.7 Å². The summed E-state index contributed by atoms with van der Waals surface area (Å²) in [6.45, 7) is 8.37. The lowest BCUT2D eigenvalue weighted by Crippen LogP contribution is -2.26. The van der Waals surface area contributed by atoms with Crippen molar-refractivity contribution in [3.05, 3.63) is 48.0 Å². The third kappa shape index (κ3) is 4.41. The van der Waals surface area contributed by atoms with Crippen molar-refractivity contribution in [3.63, 3.8) is 0 Å². The summed E-state index contributed by atoms with van der Waals surface area (Å²) >= 11 is 0. The minimum atomic E-state index is 0.422. The molecule has 120 valence electrons. The van der Waals surface area contributed by atoms with Gasteiger partial charge in [0.1, 0.15) is 12.2 Å². The Morgan fingerprint density at radius 3 is 2.50 bits per heavy atom. The number of rotatable bonds is 8. The fraction of sp³-hybridized carbons (Fsp3) is 0.556. The van der Waals surface area contributed by atoms with E-state index in [2.05, 4.69) is 73.1 Å². The van der Waals surface area contributed by atoms with E-state index in [0.717, 1.165) is 24.8 Å². The Kier molecular flexibility index (Phi) is 6.13. The summed E-state index contributed by atoms with van der Waals surface area (Å²) in [5.41, 5.74) is 1.38. The van der Waals surface area contributed by atoms with Crippen LogP contribution in [0.2, 0.25) is 0 Å². The van der Waals surface area contributed by atoms with Gasteiger partial charge in [-0.2, -0.15) is 5.10 Å². The monoisotopic (exact) mass is 300 g/mol. The van der Waals surface area contributed by atoms with Crippen LogP contribution in [0.25, 0.3) is 0 Å². The van der Waals surface area contributed by atoms with Gasteiger partial charge in [-0.1, -0.05) is 44.2 Å². The molecule has 4 nitrogen and oxygen atoms in total. The molecule has 0 N–H and O–H groups in total. The van der Waals surface area contributed by atoms with E-state index in [1.54, 1.807) is 6.33 Å². The molecule has 2 aromatic rings. The van der Waals surface area contributed by atoms with Gasteiger partial charge < -0.3 is 0 Å². The second-order valence-electron chi connectivity index (χ2n) is 6.30. The van der Waals surface area contributed by atoms with E-state index in [9.17, 15) is 0 Å². The first-order valence-electron chi connectivity index (χ1n) is 8.23. The normalized spacial score (nSPS) is 13.0. The van der Waals surface area contributed by atoms with Crippen LogP contribution in [0.3, 0.4) is 0 Å². The van der Waals surface area contributed by atoms with Gasteiger partial charge in [0, 0.05) is 12.6 Å². The standard InChI is InChI=1S/C18H28N4/c1-5-22-18(19-14-20-22)13-21(4)17(12-11-15(2)3)16-9-7-6-8-10-16/h6-10,14-15,17H,5,11-13H2,1-4H3/t17-/m0/s1. The Bertz CT molecular complexity index is 547. The van der Waals surface area contributed by atoms with Crippen LogP contribution >= 0.6 is 0 Å². The van der Waals surface area contributed by atoms with Crippen LogP contribution in [-0.2, 0) is 13.1 Å². The maximum Gasteiger partial charge on any atom is 0.141 e. The average molecular weight is 300 g/mol. The first-order chi connectivity index (χ1) is 10.6. The van der Waals surface area contributed by atoms with Gasteiger partial charge in [-0.05, 0) is 38.3 Å². The summed E-state index contributed by atoms with van der Waals surface area (Å²) < 4.78 is 1.97. The minimum absolute atomic E-state index is 0.422. The van der Waals surface area contributed by atoms with Crippen molar-refractivity contribution < 1.29 is 0 Å².